The lowest BCUT2D eigenvalue weighted by Crippen LogP contribution is -2.64. The molecule has 1 aliphatic carbocycles. The van der Waals surface area contributed by atoms with E-state index in [0.29, 0.717) is 32.1 Å². The zero-order chi connectivity index (χ0) is 47.3. The van der Waals surface area contributed by atoms with Crippen LogP contribution in [0.25, 0.3) is 0 Å². The van der Waals surface area contributed by atoms with Crippen LogP contribution in [0.3, 0.4) is 0 Å². The second kappa shape index (κ2) is 38.1. The van der Waals surface area contributed by atoms with Crippen LogP contribution in [0, 0.1) is 0 Å². The Balaban J connectivity index is 2.55. The van der Waals surface area contributed by atoms with Crippen LogP contribution < -0.4 is 0 Å². The Morgan fingerprint density at radius 3 is 1.64 bits per heavy atom. The molecule has 0 radical (unpaired) electrons. The molecule has 0 aromatic carbocycles. The highest BCUT2D eigenvalue weighted by atomic mass is 31.2. The van der Waals surface area contributed by atoms with E-state index in [2.05, 4.69) is 56.4 Å². The molecule has 64 heavy (non-hydrogen) atoms. The van der Waals surface area contributed by atoms with Gasteiger partial charge in [0.15, 0.2) is 6.10 Å². The number of ether oxygens (including phenoxy) is 2. The van der Waals surface area contributed by atoms with E-state index in [9.17, 15) is 49.7 Å². The normalized spacial score (nSPS) is 22.8. The lowest BCUT2D eigenvalue weighted by molar-refractivity contribution is -0.220. The standard InChI is InChI=1S/C49H81O14P/c1-3-5-7-9-11-12-13-14-15-16-17-18-19-20-24-28-32-36-42(51)60-38-41(39-61-64(58,59)63-49-47(56)45(54)44(53)46(55)48(49)57)62-43(52)37-33-29-25-21-23-27-31-35-40(50)34-30-26-22-10-8-6-4-2/h11-12,14-15,17-18,21-22,25-27,30-31,34,40-41,44-50,53-57H,3-10,13,16,19-20,23-24,28-29,32-33,35-39H2,1-2H3,(H,58,59)/b12-11-,15-14-,18-17-,25-21+,26-22-,31-27-,34-30-/t40-,41+,44?,45-,46+,47+,48+,49?/m0/s1. The molecule has 1 saturated carbocycles. The van der Waals surface area contributed by atoms with E-state index in [1.54, 1.807) is 6.08 Å². The summed E-state index contributed by atoms with van der Waals surface area (Å²) in [6, 6.07) is 0. The maximum atomic E-state index is 12.8. The first-order valence-electron chi connectivity index (χ1n) is 23.5. The highest BCUT2D eigenvalue weighted by Gasteiger charge is 2.51. The fourth-order valence-electron chi connectivity index (χ4n) is 6.42. The molecule has 1 rings (SSSR count). The van der Waals surface area contributed by atoms with Gasteiger partial charge in [0.05, 0.1) is 12.7 Å². The first kappa shape index (κ1) is 59.0. The van der Waals surface area contributed by atoms with Gasteiger partial charge in [-0.1, -0.05) is 137 Å². The highest BCUT2D eigenvalue weighted by molar-refractivity contribution is 7.47. The summed E-state index contributed by atoms with van der Waals surface area (Å²) in [7, 11) is -5.16. The quantitative estimate of drug-likeness (QED) is 0.0102. The van der Waals surface area contributed by atoms with E-state index in [1.165, 1.54) is 38.5 Å². The molecule has 1 aliphatic rings. The lowest BCUT2D eigenvalue weighted by atomic mass is 9.85. The van der Waals surface area contributed by atoms with E-state index < -0.39 is 81.8 Å². The zero-order valence-corrected chi connectivity index (χ0v) is 39.3. The van der Waals surface area contributed by atoms with Gasteiger partial charge < -0.3 is 45.0 Å². The summed E-state index contributed by atoms with van der Waals surface area (Å²) in [6.45, 7) is 3.09. The zero-order valence-electron chi connectivity index (χ0n) is 38.4. The predicted molar refractivity (Wildman–Crippen MR) is 250 cm³/mol. The van der Waals surface area contributed by atoms with Crippen molar-refractivity contribution in [1.29, 1.82) is 0 Å². The molecule has 3 unspecified atom stereocenters. The molecule has 0 heterocycles. The monoisotopic (exact) mass is 925 g/mol. The first-order chi connectivity index (χ1) is 30.8. The summed E-state index contributed by atoms with van der Waals surface area (Å²) in [4.78, 5) is 35.7. The number of carbonyl (C=O) groups is 2. The number of rotatable bonds is 37. The topological polar surface area (TPSA) is 230 Å². The minimum atomic E-state index is -5.16. The molecule has 15 heteroatoms. The molecule has 0 aromatic heterocycles. The summed E-state index contributed by atoms with van der Waals surface area (Å²) in [6.07, 6.45) is 32.2. The summed E-state index contributed by atoms with van der Waals surface area (Å²) in [5, 5.41) is 60.3. The van der Waals surface area contributed by atoms with Gasteiger partial charge in [-0.05, 0) is 83.5 Å². The summed E-state index contributed by atoms with van der Waals surface area (Å²) in [5.74, 6) is -1.24. The Morgan fingerprint density at radius 1 is 0.562 bits per heavy atom. The fraction of sp³-hybridized carbons (Fsp3) is 0.673. The SMILES string of the molecule is CCCCC/C=C\C=C/[C@H](O)C/C=C\C/C=C/CCCC(=O)O[C@H](COC(=O)CCCCCC/C=C\C/C=C\C/C=C\CCCCC)COP(=O)(O)OC1[C@H](O)[C@H](O)C(O)[C@H](O)[C@H]1O. The maximum absolute atomic E-state index is 12.8. The van der Waals surface area contributed by atoms with Crippen LogP contribution in [-0.4, -0.2) is 110 Å². The number of hydrogen-bond donors (Lipinski definition) is 7. The van der Waals surface area contributed by atoms with Crippen molar-refractivity contribution >= 4 is 19.8 Å². The van der Waals surface area contributed by atoms with E-state index in [4.69, 9.17) is 18.5 Å². The Morgan fingerprint density at radius 2 is 1.05 bits per heavy atom. The van der Waals surface area contributed by atoms with Gasteiger partial charge in [-0.25, -0.2) is 4.57 Å². The number of allylic oxidation sites excluding steroid dienone is 12. The van der Waals surface area contributed by atoms with Crippen molar-refractivity contribution in [1.82, 2.24) is 0 Å². The number of aliphatic hydroxyl groups excluding tert-OH is 6. The molecule has 1 fully saturated rings. The molecule has 0 spiro atoms. The number of unbranched alkanes of at least 4 members (excludes halogenated alkanes) is 11. The second-order valence-corrected chi connectivity index (χ2v) is 17.5. The Bertz CT molecular complexity index is 1460. The molecule has 9 atom stereocenters. The summed E-state index contributed by atoms with van der Waals surface area (Å²) in [5.41, 5.74) is 0. The number of hydrogen-bond acceptors (Lipinski definition) is 13. The van der Waals surface area contributed by atoms with Crippen LogP contribution >= 0.6 is 7.82 Å². The number of phosphoric acid groups is 1. The molecule has 366 valence electrons. The Hall–Kier alpha value is -3.01. The van der Waals surface area contributed by atoms with Gasteiger partial charge in [0, 0.05) is 12.8 Å². The van der Waals surface area contributed by atoms with Crippen LogP contribution in [0.1, 0.15) is 149 Å². The predicted octanol–water partition coefficient (Wildman–Crippen LogP) is 8.25. The minimum Gasteiger partial charge on any atom is -0.462 e. The third kappa shape index (κ3) is 30.2. The van der Waals surface area contributed by atoms with Crippen molar-refractivity contribution in [2.75, 3.05) is 13.2 Å². The third-order valence-electron chi connectivity index (χ3n) is 10.3. The van der Waals surface area contributed by atoms with E-state index >= 15 is 0 Å². The third-order valence-corrected chi connectivity index (χ3v) is 11.3. The van der Waals surface area contributed by atoms with Gasteiger partial charge in [-0.3, -0.25) is 18.6 Å². The molecule has 0 amide bonds. The average molecular weight is 925 g/mol. The number of carbonyl (C=O) groups excluding carboxylic acids is 2. The van der Waals surface area contributed by atoms with Gasteiger partial charge in [-0.2, -0.15) is 0 Å². The molecular formula is C49H81O14P. The van der Waals surface area contributed by atoms with Gasteiger partial charge in [0.2, 0.25) is 0 Å². The van der Waals surface area contributed by atoms with Crippen molar-refractivity contribution in [3.05, 3.63) is 85.1 Å². The van der Waals surface area contributed by atoms with Crippen LogP contribution in [0.4, 0.5) is 0 Å². The van der Waals surface area contributed by atoms with Crippen LogP contribution in [-0.2, 0) is 32.7 Å². The lowest BCUT2D eigenvalue weighted by Gasteiger charge is -2.41. The van der Waals surface area contributed by atoms with E-state index in [1.807, 2.05) is 36.5 Å². The number of esters is 2. The molecule has 0 saturated heterocycles. The molecule has 0 aliphatic heterocycles. The maximum Gasteiger partial charge on any atom is 0.472 e. The molecule has 0 bridgehead atoms. The van der Waals surface area contributed by atoms with Crippen molar-refractivity contribution in [2.24, 2.45) is 0 Å². The van der Waals surface area contributed by atoms with Crippen LogP contribution in [0.5, 0.6) is 0 Å². The molecule has 0 aromatic rings. The largest absolute Gasteiger partial charge is 0.472 e. The van der Waals surface area contributed by atoms with Crippen molar-refractivity contribution in [3.63, 3.8) is 0 Å². The van der Waals surface area contributed by atoms with Gasteiger partial charge in [-0.15, -0.1) is 0 Å². The van der Waals surface area contributed by atoms with Crippen molar-refractivity contribution < 1.29 is 68.2 Å². The smallest absolute Gasteiger partial charge is 0.462 e. The minimum absolute atomic E-state index is 0.0230. The Labute approximate surface area is 382 Å². The Kier molecular flexibility index (Phi) is 35.2. The molecule has 7 N–H and O–H groups in total. The van der Waals surface area contributed by atoms with E-state index in [0.717, 1.165) is 51.4 Å². The van der Waals surface area contributed by atoms with Gasteiger partial charge >= 0.3 is 19.8 Å². The second-order valence-electron chi connectivity index (χ2n) is 16.1. The van der Waals surface area contributed by atoms with Crippen LogP contribution in [0.15, 0.2) is 85.1 Å². The number of phosphoric ester groups is 1. The highest BCUT2D eigenvalue weighted by Crippen LogP contribution is 2.47. The van der Waals surface area contributed by atoms with Gasteiger partial charge in [0.25, 0.3) is 0 Å². The van der Waals surface area contributed by atoms with E-state index in [-0.39, 0.29) is 12.8 Å². The summed E-state index contributed by atoms with van der Waals surface area (Å²) < 4.78 is 33.4. The fourth-order valence-corrected chi connectivity index (χ4v) is 7.40. The molecule has 14 nitrogen and oxygen atoms in total. The first-order valence-corrected chi connectivity index (χ1v) is 25.0. The average Bonchev–Trinajstić information content (AvgIpc) is 3.27. The molecular weight excluding hydrogens is 843 g/mol. The van der Waals surface area contributed by atoms with Crippen molar-refractivity contribution in [3.8, 4) is 0 Å². The number of aliphatic hydroxyl groups is 6. The van der Waals surface area contributed by atoms with Crippen molar-refractivity contribution in [2.45, 2.75) is 198 Å². The van der Waals surface area contributed by atoms with Crippen LogP contribution in [0.2, 0.25) is 0 Å². The summed E-state index contributed by atoms with van der Waals surface area (Å²) >= 11 is 0. The van der Waals surface area contributed by atoms with Gasteiger partial charge in [0.1, 0.15) is 43.2 Å².